The van der Waals surface area contributed by atoms with Crippen molar-refractivity contribution in [2.75, 3.05) is 26.5 Å². The zero-order valence-electron chi connectivity index (χ0n) is 13.5. The zero-order chi connectivity index (χ0) is 16.8. The number of methoxy groups -OCH3 is 1. The van der Waals surface area contributed by atoms with Gasteiger partial charge in [0.2, 0.25) is 15.9 Å². The first-order valence-corrected chi connectivity index (χ1v) is 8.92. The number of nitrogens with one attached hydrogen (secondary N) is 1. The Morgan fingerprint density at radius 2 is 1.95 bits per heavy atom. The standard InChI is InChI=1S/C15H24N2O4S/c1-12(2)10-17(22(4,19)20)11-15(18)16-9-13-7-5-6-8-14(13)21-3/h5-8,12H,9-11H2,1-4H3,(H,16,18). The summed E-state index contributed by atoms with van der Waals surface area (Å²) >= 11 is 0. The van der Waals surface area contributed by atoms with Crippen molar-refractivity contribution in [2.45, 2.75) is 20.4 Å². The molecule has 22 heavy (non-hydrogen) atoms. The Labute approximate surface area is 132 Å². The molecule has 7 heteroatoms. The van der Waals surface area contributed by atoms with E-state index < -0.39 is 10.0 Å². The number of amides is 1. The second-order valence-electron chi connectivity index (χ2n) is 5.54. The van der Waals surface area contributed by atoms with Gasteiger partial charge in [0, 0.05) is 18.7 Å². The molecule has 0 radical (unpaired) electrons. The Kier molecular flexibility index (Phi) is 6.83. The van der Waals surface area contributed by atoms with Crippen molar-refractivity contribution in [1.29, 1.82) is 0 Å². The fourth-order valence-corrected chi connectivity index (χ4v) is 2.90. The maximum absolute atomic E-state index is 12.0. The molecule has 0 saturated carbocycles. The highest BCUT2D eigenvalue weighted by Gasteiger charge is 2.21. The predicted molar refractivity (Wildman–Crippen MR) is 86.1 cm³/mol. The Morgan fingerprint density at radius 3 is 2.50 bits per heavy atom. The molecular weight excluding hydrogens is 304 g/mol. The molecule has 1 N–H and O–H groups in total. The lowest BCUT2D eigenvalue weighted by Crippen LogP contribution is -2.41. The average molecular weight is 328 g/mol. The molecule has 124 valence electrons. The number of carbonyl (C=O) groups excluding carboxylic acids is 1. The van der Waals surface area contributed by atoms with E-state index in [0.29, 0.717) is 18.8 Å². The summed E-state index contributed by atoms with van der Waals surface area (Å²) in [4.78, 5) is 12.0. The molecule has 0 aliphatic carbocycles. The monoisotopic (exact) mass is 328 g/mol. The number of sulfonamides is 1. The number of hydrogen-bond donors (Lipinski definition) is 1. The third-order valence-electron chi connectivity index (χ3n) is 3.03. The molecule has 0 saturated heterocycles. The topological polar surface area (TPSA) is 75.7 Å². The van der Waals surface area contributed by atoms with Crippen LogP contribution in [0.25, 0.3) is 0 Å². The first-order chi connectivity index (χ1) is 10.2. The lowest BCUT2D eigenvalue weighted by Gasteiger charge is -2.21. The van der Waals surface area contributed by atoms with Crippen molar-refractivity contribution in [1.82, 2.24) is 9.62 Å². The third-order valence-corrected chi connectivity index (χ3v) is 4.24. The quantitative estimate of drug-likeness (QED) is 0.779. The molecule has 0 bridgehead atoms. The van der Waals surface area contributed by atoms with Crippen molar-refractivity contribution in [3.05, 3.63) is 29.8 Å². The number of carbonyl (C=O) groups is 1. The summed E-state index contributed by atoms with van der Waals surface area (Å²) in [5, 5.41) is 2.72. The summed E-state index contributed by atoms with van der Waals surface area (Å²) < 4.78 is 29.8. The van der Waals surface area contributed by atoms with E-state index >= 15 is 0 Å². The molecule has 0 aromatic heterocycles. The Bertz CT molecular complexity index is 599. The minimum atomic E-state index is -3.40. The molecule has 1 aromatic rings. The molecular formula is C15H24N2O4S. The number of para-hydroxylation sites is 1. The highest BCUT2D eigenvalue weighted by atomic mass is 32.2. The second-order valence-corrected chi connectivity index (χ2v) is 7.52. The lowest BCUT2D eigenvalue weighted by atomic mass is 10.2. The van der Waals surface area contributed by atoms with E-state index in [9.17, 15) is 13.2 Å². The Morgan fingerprint density at radius 1 is 1.32 bits per heavy atom. The molecule has 1 amide bonds. The van der Waals surface area contributed by atoms with Gasteiger partial charge < -0.3 is 10.1 Å². The first-order valence-electron chi connectivity index (χ1n) is 7.07. The highest BCUT2D eigenvalue weighted by molar-refractivity contribution is 7.88. The average Bonchev–Trinajstić information content (AvgIpc) is 2.43. The minimum absolute atomic E-state index is 0.150. The molecule has 0 atom stereocenters. The molecule has 0 heterocycles. The molecule has 0 fully saturated rings. The van der Waals surface area contributed by atoms with Crippen molar-refractivity contribution < 1.29 is 17.9 Å². The number of ether oxygens (including phenoxy) is 1. The van der Waals surface area contributed by atoms with Crippen molar-refractivity contribution in [2.24, 2.45) is 5.92 Å². The fourth-order valence-electron chi connectivity index (χ4n) is 1.98. The number of benzene rings is 1. The van der Waals surface area contributed by atoms with Gasteiger partial charge in [0.25, 0.3) is 0 Å². The van der Waals surface area contributed by atoms with Crippen LogP contribution >= 0.6 is 0 Å². The van der Waals surface area contributed by atoms with Gasteiger partial charge in [-0.3, -0.25) is 4.79 Å². The molecule has 6 nitrogen and oxygen atoms in total. The summed E-state index contributed by atoms with van der Waals surface area (Å²) in [6.45, 7) is 4.25. The summed E-state index contributed by atoms with van der Waals surface area (Å²) in [5.41, 5.74) is 0.841. The van der Waals surface area contributed by atoms with Crippen LogP contribution in [0, 0.1) is 5.92 Å². The van der Waals surface area contributed by atoms with Gasteiger partial charge in [0.05, 0.1) is 19.9 Å². The van der Waals surface area contributed by atoms with E-state index in [-0.39, 0.29) is 18.4 Å². The summed E-state index contributed by atoms with van der Waals surface area (Å²) in [7, 11) is -1.84. The highest BCUT2D eigenvalue weighted by Crippen LogP contribution is 2.16. The number of nitrogens with zero attached hydrogens (tertiary/aromatic N) is 1. The minimum Gasteiger partial charge on any atom is -0.496 e. The second kappa shape index (κ2) is 8.14. The van der Waals surface area contributed by atoms with E-state index in [1.807, 2.05) is 38.1 Å². The summed E-state index contributed by atoms with van der Waals surface area (Å²) in [6.07, 6.45) is 1.11. The largest absolute Gasteiger partial charge is 0.496 e. The van der Waals surface area contributed by atoms with E-state index in [1.165, 1.54) is 4.31 Å². The summed E-state index contributed by atoms with van der Waals surface area (Å²) in [6, 6.07) is 7.36. The normalized spacial score (nSPS) is 11.7. The Balaban J connectivity index is 2.64. The molecule has 0 aliphatic rings. The fraction of sp³-hybridized carbons (Fsp3) is 0.533. The predicted octanol–water partition coefficient (Wildman–Crippen LogP) is 1.23. The van der Waals surface area contributed by atoms with Gasteiger partial charge in [-0.25, -0.2) is 8.42 Å². The van der Waals surface area contributed by atoms with E-state index in [0.717, 1.165) is 11.8 Å². The molecule has 1 aromatic carbocycles. The summed E-state index contributed by atoms with van der Waals surface area (Å²) in [5.74, 6) is 0.499. The smallest absolute Gasteiger partial charge is 0.235 e. The van der Waals surface area contributed by atoms with Gasteiger partial charge in [-0.15, -0.1) is 0 Å². The lowest BCUT2D eigenvalue weighted by molar-refractivity contribution is -0.121. The molecule has 0 aliphatic heterocycles. The van der Waals surface area contributed by atoms with Crippen LogP contribution in [0.5, 0.6) is 5.75 Å². The maximum Gasteiger partial charge on any atom is 0.235 e. The van der Waals surface area contributed by atoms with E-state index in [2.05, 4.69) is 5.32 Å². The van der Waals surface area contributed by atoms with E-state index in [1.54, 1.807) is 7.11 Å². The van der Waals surface area contributed by atoms with Gasteiger partial charge in [-0.1, -0.05) is 32.0 Å². The van der Waals surface area contributed by atoms with Crippen LogP contribution in [0.4, 0.5) is 0 Å². The van der Waals surface area contributed by atoms with E-state index in [4.69, 9.17) is 4.74 Å². The Hall–Kier alpha value is -1.60. The van der Waals surface area contributed by atoms with Crippen LogP contribution in [-0.2, 0) is 21.4 Å². The van der Waals surface area contributed by atoms with Crippen LogP contribution in [0.1, 0.15) is 19.4 Å². The SMILES string of the molecule is COc1ccccc1CNC(=O)CN(CC(C)C)S(C)(=O)=O. The maximum atomic E-state index is 12.0. The van der Waals surface area contributed by atoms with Crippen LogP contribution in [-0.4, -0.2) is 45.1 Å². The first kappa shape index (κ1) is 18.4. The molecule has 1 rings (SSSR count). The van der Waals surface area contributed by atoms with Crippen LogP contribution in [0.2, 0.25) is 0 Å². The van der Waals surface area contributed by atoms with Crippen LogP contribution < -0.4 is 10.1 Å². The molecule has 0 spiro atoms. The van der Waals surface area contributed by atoms with Crippen molar-refractivity contribution in [3.63, 3.8) is 0 Å². The van der Waals surface area contributed by atoms with Crippen LogP contribution in [0.15, 0.2) is 24.3 Å². The zero-order valence-corrected chi connectivity index (χ0v) is 14.3. The van der Waals surface area contributed by atoms with Gasteiger partial charge >= 0.3 is 0 Å². The van der Waals surface area contributed by atoms with Gasteiger partial charge in [-0.05, 0) is 12.0 Å². The number of rotatable bonds is 8. The molecule has 0 unspecified atom stereocenters. The van der Waals surface area contributed by atoms with Crippen LogP contribution in [0.3, 0.4) is 0 Å². The third kappa shape index (κ3) is 6.03. The van der Waals surface area contributed by atoms with Crippen molar-refractivity contribution >= 4 is 15.9 Å². The van der Waals surface area contributed by atoms with Gasteiger partial charge in [-0.2, -0.15) is 4.31 Å². The number of hydrogen-bond acceptors (Lipinski definition) is 4. The van der Waals surface area contributed by atoms with Crippen molar-refractivity contribution in [3.8, 4) is 5.75 Å². The van der Waals surface area contributed by atoms with Gasteiger partial charge in [0.1, 0.15) is 5.75 Å². The van der Waals surface area contributed by atoms with Gasteiger partial charge in [0.15, 0.2) is 0 Å².